The third-order valence-electron chi connectivity index (χ3n) is 3.21. The summed E-state index contributed by atoms with van der Waals surface area (Å²) in [6.07, 6.45) is 0.198. The summed E-state index contributed by atoms with van der Waals surface area (Å²) in [6.45, 7) is 8.40. The number of nitrogens with zero attached hydrogens (tertiary/aromatic N) is 1. The SMILES string of the molecule is CCOC(=O)CCN(C)C(=O)Nc1c(C)cc(C)cc1C. The molecule has 0 spiro atoms. The number of ether oxygens (including phenoxy) is 1. The Balaban J connectivity index is 2.63. The predicted molar refractivity (Wildman–Crippen MR) is 83.6 cm³/mol. The fourth-order valence-corrected chi connectivity index (χ4v) is 2.17. The highest BCUT2D eigenvalue weighted by Gasteiger charge is 2.13. The van der Waals surface area contributed by atoms with Gasteiger partial charge in [-0.05, 0) is 38.8 Å². The van der Waals surface area contributed by atoms with E-state index in [1.54, 1.807) is 14.0 Å². The minimum absolute atomic E-state index is 0.198. The number of anilines is 1. The van der Waals surface area contributed by atoms with Gasteiger partial charge in [0, 0.05) is 19.3 Å². The average molecular weight is 292 g/mol. The molecule has 0 radical (unpaired) electrons. The number of hydrogen-bond donors (Lipinski definition) is 1. The van der Waals surface area contributed by atoms with Crippen molar-refractivity contribution in [1.82, 2.24) is 4.90 Å². The Morgan fingerprint density at radius 1 is 1.19 bits per heavy atom. The molecule has 1 aromatic rings. The maximum Gasteiger partial charge on any atom is 0.321 e. The second kappa shape index (κ2) is 7.67. The molecule has 0 aromatic heterocycles. The Bertz CT molecular complexity index is 503. The minimum Gasteiger partial charge on any atom is -0.466 e. The van der Waals surface area contributed by atoms with Crippen LogP contribution in [0.2, 0.25) is 0 Å². The molecule has 2 amide bonds. The van der Waals surface area contributed by atoms with E-state index in [-0.39, 0.29) is 18.4 Å². The number of esters is 1. The first-order valence-corrected chi connectivity index (χ1v) is 7.10. The van der Waals surface area contributed by atoms with Crippen LogP contribution in [0, 0.1) is 20.8 Å². The first-order chi connectivity index (χ1) is 9.85. The van der Waals surface area contributed by atoms with E-state index in [2.05, 4.69) is 5.32 Å². The Morgan fingerprint density at radius 3 is 2.29 bits per heavy atom. The molecule has 0 aliphatic heterocycles. The van der Waals surface area contributed by atoms with Gasteiger partial charge in [-0.3, -0.25) is 4.79 Å². The second-order valence-electron chi connectivity index (χ2n) is 5.18. The number of nitrogens with one attached hydrogen (secondary N) is 1. The Labute approximate surface area is 126 Å². The van der Waals surface area contributed by atoms with E-state index in [4.69, 9.17) is 4.74 Å². The summed E-state index contributed by atoms with van der Waals surface area (Å²) in [5.74, 6) is -0.292. The number of carbonyl (C=O) groups is 2. The molecule has 1 aromatic carbocycles. The maximum absolute atomic E-state index is 12.1. The van der Waals surface area contributed by atoms with E-state index in [9.17, 15) is 9.59 Å². The highest BCUT2D eigenvalue weighted by molar-refractivity contribution is 5.91. The topological polar surface area (TPSA) is 58.6 Å². The number of aryl methyl sites for hydroxylation is 3. The normalized spacial score (nSPS) is 10.1. The summed E-state index contributed by atoms with van der Waals surface area (Å²) in [7, 11) is 1.66. The van der Waals surface area contributed by atoms with Crippen LogP contribution in [0.15, 0.2) is 12.1 Å². The summed E-state index contributed by atoms with van der Waals surface area (Å²) in [4.78, 5) is 24.9. The Hall–Kier alpha value is -2.04. The highest BCUT2D eigenvalue weighted by Crippen LogP contribution is 2.22. The van der Waals surface area contributed by atoms with Crippen LogP contribution in [0.25, 0.3) is 0 Å². The van der Waals surface area contributed by atoms with Crippen molar-refractivity contribution in [1.29, 1.82) is 0 Å². The number of rotatable bonds is 5. The van der Waals surface area contributed by atoms with Crippen LogP contribution < -0.4 is 5.32 Å². The maximum atomic E-state index is 12.1. The van der Waals surface area contributed by atoms with Gasteiger partial charge < -0.3 is 15.0 Å². The van der Waals surface area contributed by atoms with Crippen molar-refractivity contribution in [2.75, 3.05) is 25.5 Å². The van der Waals surface area contributed by atoms with E-state index in [1.165, 1.54) is 10.5 Å². The molecular weight excluding hydrogens is 268 g/mol. The molecule has 0 saturated carbocycles. The molecular formula is C16H24N2O3. The quantitative estimate of drug-likeness (QED) is 0.849. The fourth-order valence-electron chi connectivity index (χ4n) is 2.17. The molecule has 0 aliphatic rings. The van der Waals surface area contributed by atoms with Crippen molar-refractivity contribution in [3.63, 3.8) is 0 Å². The standard InChI is InChI=1S/C16H24N2O3/c1-6-21-14(19)7-8-18(5)16(20)17-15-12(3)9-11(2)10-13(15)4/h9-10H,6-8H2,1-5H3,(H,17,20). The number of amides is 2. The molecule has 0 aliphatic carbocycles. The zero-order valence-electron chi connectivity index (χ0n) is 13.4. The van der Waals surface area contributed by atoms with Crippen molar-refractivity contribution < 1.29 is 14.3 Å². The van der Waals surface area contributed by atoms with Crippen molar-refractivity contribution in [3.8, 4) is 0 Å². The van der Waals surface area contributed by atoms with Gasteiger partial charge in [-0.25, -0.2) is 4.79 Å². The number of urea groups is 1. The van der Waals surface area contributed by atoms with E-state index in [0.29, 0.717) is 13.2 Å². The molecule has 5 nitrogen and oxygen atoms in total. The molecule has 116 valence electrons. The molecule has 1 rings (SSSR count). The van der Waals surface area contributed by atoms with E-state index in [1.807, 2.05) is 32.9 Å². The van der Waals surface area contributed by atoms with E-state index >= 15 is 0 Å². The molecule has 0 saturated heterocycles. The van der Waals surface area contributed by atoms with Crippen molar-refractivity contribution in [2.45, 2.75) is 34.1 Å². The van der Waals surface area contributed by atoms with Crippen molar-refractivity contribution >= 4 is 17.7 Å². The molecule has 0 heterocycles. The summed E-state index contributed by atoms with van der Waals surface area (Å²) in [5, 5.41) is 2.90. The molecule has 0 bridgehead atoms. The van der Waals surface area contributed by atoms with Crippen LogP contribution in [0.1, 0.15) is 30.0 Å². The molecule has 0 unspecified atom stereocenters. The first kappa shape index (κ1) is 17.0. The molecule has 1 N–H and O–H groups in total. The Morgan fingerprint density at radius 2 is 1.76 bits per heavy atom. The van der Waals surface area contributed by atoms with Crippen LogP contribution in [0.3, 0.4) is 0 Å². The smallest absolute Gasteiger partial charge is 0.321 e. The third-order valence-corrected chi connectivity index (χ3v) is 3.21. The van der Waals surface area contributed by atoms with Gasteiger partial charge in [0.2, 0.25) is 0 Å². The van der Waals surface area contributed by atoms with Gasteiger partial charge in [0.05, 0.1) is 13.0 Å². The third kappa shape index (κ3) is 5.10. The molecule has 21 heavy (non-hydrogen) atoms. The van der Waals surface area contributed by atoms with Gasteiger partial charge in [-0.1, -0.05) is 17.7 Å². The van der Waals surface area contributed by atoms with Gasteiger partial charge in [0.15, 0.2) is 0 Å². The van der Waals surface area contributed by atoms with Crippen LogP contribution >= 0.6 is 0 Å². The summed E-state index contributed by atoms with van der Waals surface area (Å²) < 4.78 is 4.84. The summed E-state index contributed by atoms with van der Waals surface area (Å²) in [5.41, 5.74) is 4.05. The van der Waals surface area contributed by atoms with Crippen LogP contribution in [0.4, 0.5) is 10.5 Å². The monoisotopic (exact) mass is 292 g/mol. The fraction of sp³-hybridized carbons (Fsp3) is 0.500. The van der Waals surface area contributed by atoms with Crippen LogP contribution in [-0.4, -0.2) is 37.1 Å². The largest absolute Gasteiger partial charge is 0.466 e. The first-order valence-electron chi connectivity index (χ1n) is 7.10. The summed E-state index contributed by atoms with van der Waals surface area (Å²) >= 11 is 0. The minimum atomic E-state index is -0.292. The molecule has 0 atom stereocenters. The molecule has 5 heteroatoms. The lowest BCUT2D eigenvalue weighted by Gasteiger charge is -2.20. The van der Waals surface area contributed by atoms with Crippen LogP contribution in [0.5, 0.6) is 0 Å². The second-order valence-corrected chi connectivity index (χ2v) is 5.18. The van der Waals surface area contributed by atoms with E-state index < -0.39 is 0 Å². The number of hydrogen-bond acceptors (Lipinski definition) is 3. The van der Waals surface area contributed by atoms with E-state index in [0.717, 1.165) is 16.8 Å². The van der Waals surface area contributed by atoms with Gasteiger partial charge in [0.1, 0.15) is 0 Å². The lowest BCUT2D eigenvalue weighted by molar-refractivity contribution is -0.143. The number of carbonyl (C=O) groups excluding carboxylic acids is 2. The number of benzene rings is 1. The van der Waals surface area contributed by atoms with Crippen LogP contribution in [-0.2, 0) is 9.53 Å². The van der Waals surface area contributed by atoms with Gasteiger partial charge >= 0.3 is 12.0 Å². The zero-order chi connectivity index (χ0) is 16.0. The zero-order valence-corrected chi connectivity index (χ0v) is 13.4. The predicted octanol–water partition coefficient (Wildman–Crippen LogP) is 3.03. The lowest BCUT2D eigenvalue weighted by atomic mass is 10.1. The average Bonchev–Trinajstić information content (AvgIpc) is 2.40. The highest BCUT2D eigenvalue weighted by atomic mass is 16.5. The molecule has 0 fully saturated rings. The van der Waals surface area contributed by atoms with Gasteiger partial charge in [-0.2, -0.15) is 0 Å². The van der Waals surface area contributed by atoms with Crippen molar-refractivity contribution in [3.05, 3.63) is 28.8 Å². The van der Waals surface area contributed by atoms with Crippen molar-refractivity contribution in [2.24, 2.45) is 0 Å². The van der Waals surface area contributed by atoms with Gasteiger partial charge in [0.25, 0.3) is 0 Å². The summed E-state index contributed by atoms with van der Waals surface area (Å²) in [6, 6.07) is 3.83. The lowest BCUT2D eigenvalue weighted by Crippen LogP contribution is -2.33. The van der Waals surface area contributed by atoms with Gasteiger partial charge in [-0.15, -0.1) is 0 Å². The Kier molecular flexibility index (Phi) is 6.21.